The largest absolute Gasteiger partial charge is 0.480 e. The number of carboxylic acids is 1. The standard InChI is InChI=1S/C26H31NO4/c1-27(24(25(28)29)16-15-18-9-3-2-4-10-18)26(30)31-17-23-21-13-7-5-11-19(21)20-12-6-8-14-22(20)23/h5-8,11-14,18,23-24H,2-4,9-10,15-17H2,1H3,(H,28,29)/t24-/m1/s1. The lowest BCUT2D eigenvalue weighted by Gasteiger charge is -2.28. The van der Waals surface area contributed by atoms with Crippen LogP contribution in [0, 0.1) is 5.92 Å². The van der Waals surface area contributed by atoms with Gasteiger partial charge in [-0.05, 0) is 41.0 Å². The van der Waals surface area contributed by atoms with E-state index in [9.17, 15) is 14.7 Å². The van der Waals surface area contributed by atoms with E-state index in [2.05, 4.69) is 24.3 Å². The molecule has 5 nitrogen and oxygen atoms in total. The van der Waals surface area contributed by atoms with E-state index in [0.717, 1.165) is 17.5 Å². The molecule has 5 heteroatoms. The molecule has 1 fully saturated rings. The number of amides is 1. The molecule has 0 saturated heterocycles. The molecule has 2 aliphatic rings. The second-order valence-corrected chi connectivity index (χ2v) is 8.85. The van der Waals surface area contributed by atoms with E-state index in [1.54, 1.807) is 7.05 Å². The highest BCUT2D eigenvalue weighted by molar-refractivity contribution is 5.81. The summed E-state index contributed by atoms with van der Waals surface area (Å²) in [6.45, 7) is 0.201. The maximum Gasteiger partial charge on any atom is 0.410 e. The maximum absolute atomic E-state index is 12.8. The molecule has 0 heterocycles. The summed E-state index contributed by atoms with van der Waals surface area (Å²) in [6.07, 6.45) is 6.81. The summed E-state index contributed by atoms with van der Waals surface area (Å²) in [5, 5.41) is 9.71. The number of likely N-dealkylation sites (N-methyl/N-ethyl adjacent to an activating group) is 1. The minimum absolute atomic E-state index is 0.0322. The summed E-state index contributed by atoms with van der Waals surface area (Å²) in [4.78, 5) is 25.9. The van der Waals surface area contributed by atoms with Gasteiger partial charge < -0.3 is 9.84 Å². The van der Waals surface area contributed by atoms with Gasteiger partial charge in [-0.15, -0.1) is 0 Å². The molecule has 1 N–H and O–H groups in total. The van der Waals surface area contributed by atoms with Crippen LogP contribution in [0.2, 0.25) is 0 Å². The van der Waals surface area contributed by atoms with Gasteiger partial charge in [0.1, 0.15) is 12.6 Å². The molecule has 0 radical (unpaired) electrons. The predicted octanol–water partition coefficient (Wildman–Crippen LogP) is 5.68. The van der Waals surface area contributed by atoms with E-state index in [1.807, 2.05) is 24.3 Å². The third kappa shape index (κ3) is 4.60. The van der Waals surface area contributed by atoms with Crippen molar-refractivity contribution in [2.24, 2.45) is 5.92 Å². The van der Waals surface area contributed by atoms with E-state index in [0.29, 0.717) is 12.3 Å². The molecule has 0 aromatic heterocycles. The summed E-state index contributed by atoms with van der Waals surface area (Å²) in [7, 11) is 1.54. The minimum atomic E-state index is -0.966. The van der Waals surface area contributed by atoms with Crippen LogP contribution in [0.1, 0.15) is 62.0 Å². The van der Waals surface area contributed by atoms with Gasteiger partial charge in [-0.25, -0.2) is 9.59 Å². The first kappa shape index (κ1) is 21.4. The van der Waals surface area contributed by atoms with E-state index >= 15 is 0 Å². The van der Waals surface area contributed by atoms with Crippen molar-refractivity contribution in [1.29, 1.82) is 0 Å². The highest BCUT2D eigenvalue weighted by atomic mass is 16.6. The molecular formula is C26H31NO4. The molecule has 1 atom stereocenters. The van der Waals surface area contributed by atoms with Crippen molar-refractivity contribution in [3.8, 4) is 11.1 Å². The molecule has 0 bridgehead atoms. The van der Waals surface area contributed by atoms with Crippen LogP contribution in [0.4, 0.5) is 4.79 Å². The first-order valence-corrected chi connectivity index (χ1v) is 11.4. The zero-order valence-electron chi connectivity index (χ0n) is 18.1. The van der Waals surface area contributed by atoms with E-state index in [1.165, 1.54) is 48.1 Å². The maximum atomic E-state index is 12.8. The molecule has 0 unspecified atom stereocenters. The Kier molecular flexibility index (Phi) is 6.59. The molecule has 0 aliphatic heterocycles. The van der Waals surface area contributed by atoms with Crippen molar-refractivity contribution in [3.05, 3.63) is 59.7 Å². The molecule has 2 aliphatic carbocycles. The normalized spacial score (nSPS) is 16.9. The fraction of sp³-hybridized carbons (Fsp3) is 0.462. The number of carbonyl (C=O) groups excluding carboxylic acids is 1. The third-order valence-electron chi connectivity index (χ3n) is 6.95. The predicted molar refractivity (Wildman–Crippen MR) is 120 cm³/mol. The number of aliphatic carboxylic acids is 1. The third-order valence-corrected chi connectivity index (χ3v) is 6.95. The van der Waals surface area contributed by atoms with Crippen LogP contribution < -0.4 is 0 Å². The zero-order chi connectivity index (χ0) is 21.8. The summed E-state index contributed by atoms with van der Waals surface area (Å²) in [5.41, 5.74) is 4.63. The summed E-state index contributed by atoms with van der Waals surface area (Å²) in [5.74, 6) is -0.423. The Balaban J connectivity index is 1.39. The molecule has 2 aromatic carbocycles. The summed E-state index contributed by atoms with van der Waals surface area (Å²) in [6, 6.07) is 15.5. The van der Waals surface area contributed by atoms with Crippen molar-refractivity contribution in [2.75, 3.05) is 13.7 Å². The topological polar surface area (TPSA) is 66.8 Å². The molecule has 164 valence electrons. The van der Waals surface area contributed by atoms with Gasteiger partial charge in [0.2, 0.25) is 0 Å². The first-order valence-electron chi connectivity index (χ1n) is 11.4. The lowest BCUT2D eigenvalue weighted by atomic mass is 9.85. The van der Waals surface area contributed by atoms with Crippen molar-refractivity contribution in [3.63, 3.8) is 0 Å². The van der Waals surface area contributed by atoms with Crippen LogP contribution in [0.5, 0.6) is 0 Å². The van der Waals surface area contributed by atoms with E-state index in [-0.39, 0.29) is 12.5 Å². The van der Waals surface area contributed by atoms with Crippen molar-refractivity contribution in [2.45, 2.75) is 56.9 Å². The van der Waals surface area contributed by atoms with Gasteiger partial charge in [0.25, 0.3) is 0 Å². The van der Waals surface area contributed by atoms with Crippen LogP contribution in [0.3, 0.4) is 0 Å². The molecular weight excluding hydrogens is 390 g/mol. The van der Waals surface area contributed by atoms with Crippen LogP contribution in [0.25, 0.3) is 11.1 Å². The highest BCUT2D eigenvalue weighted by Gasteiger charge is 2.32. The van der Waals surface area contributed by atoms with E-state index < -0.39 is 18.1 Å². The fourth-order valence-electron chi connectivity index (χ4n) is 5.18. The smallest absolute Gasteiger partial charge is 0.410 e. The Morgan fingerprint density at radius 3 is 2.16 bits per heavy atom. The van der Waals surface area contributed by atoms with Gasteiger partial charge >= 0.3 is 12.1 Å². The highest BCUT2D eigenvalue weighted by Crippen LogP contribution is 2.44. The van der Waals surface area contributed by atoms with Crippen LogP contribution in [-0.4, -0.2) is 41.8 Å². The molecule has 0 spiro atoms. The first-order chi connectivity index (χ1) is 15.1. The van der Waals surface area contributed by atoms with Gasteiger partial charge in [-0.3, -0.25) is 4.90 Å². The number of nitrogens with zero attached hydrogens (tertiary/aromatic N) is 1. The van der Waals surface area contributed by atoms with Gasteiger partial charge in [0.15, 0.2) is 0 Å². The van der Waals surface area contributed by atoms with Crippen LogP contribution >= 0.6 is 0 Å². The van der Waals surface area contributed by atoms with Crippen molar-refractivity contribution < 1.29 is 19.4 Å². The lowest BCUT2D eigenvalue weighted by molar-refractivity contribution is -0.142. The number of carboxylic acid groups (broad SMARTS) is 1. The molecule has 2 aromatic rings. The van der Waals surface area contributed by atoms with Crippen molar-refractivity contribution in [1.82, 2.24) is 4.90 Å². The Morgan fingerprint density at radius 2 is 1.58 bits per heavy atom. The Morgan fingerprint density at radius 1 is 1.00 bits per heavy atom. The lowest BCUT2D eigenvalue weighted by Crippen LogP contribution is -2.43. The van der Waals surface area contributed by atoms with E-state index in [4.69, 9.17) is 4.74 Å². The Hall–Kier alpha value is -2.82. The van der Waals surface area contributed by atoms with Gasteiger partial charge in [-0.2, -0.15) is 0 Å². The zero-order valence-corrected chi connectivity index (χ0v) is 18.1. The SMILES string of the molecule is CN(C(=O)OCC1c2ccccc2-c2ccccc21)[C@H](CCC1CCCCC1)C(=O)O. The number of hydrogen-bond acceptors (Lipinski definition) is 3. The number of ether oxygens (including phenoxy) is 1. The number of rotatable bonds is 7. The number of benzene rings is 2. The molecule has 31 heavy (non-hydrogen) atoms. The number of hydrogen-bond donors (Lipinski definition) is 1. The van der Waals surface area contributed by atoms with Crippen LogP contribution in [0.15, 0.2) is 48.5 Å². The Bertz CT molecular complexity index is 889. The van der Waals surface area contributed by atoms with Gasteiger partial charge in [0, 0.05) is 13.0 Å². The summed E-state index contributed by atoms with van der Waals surface area (Å²) < 4.78 is 5.65. The second kappa shape index (κ2) is 9.54. The quantitative estimate of drug-likeness (QED) is 0.624. The fourth-order valence-corrected chi connectivity index (χ4v) is 5.18. The molecule has 4 rings (SSSR count). The van der Waals surface area contributed by atoms with Crippen LogP contribution in [-0.2, 0) is 9.53 Å². The summed E-state index contributed by atoms with van der Waals surface area (Å²) >= 11 is 0. The van der Waals surface area contributed by atoms with Gasteiger partial charge in [-0.1, -0.05) is 80.6 Å². The number of fused-ring (bicyclic) bond motifs is 3. The molecule has 1 amide bonds. The number of carbonyl (C=O) groups is 2. The van der Waals surface area contributed by atoms with Gasteiger partial charge in [0.05, 0.1) is 0 Å². The van der Waals surface area contributed by atoms with Crippen molar-refractivity contribution >= 4 is 12.1 Å². The average Bonchev–Trinajstić information content (AvgIpc) is 3.11. The molecule has 1 saturated carbocycles. The monoisotopic (exact) mass is 421 g/mol. The average molecular weight is 422 g/mol. The Labute approximate surface area is 184 Å². The second-order valence-electron chi connectivity index (χ2n) is 8.85. The minimum Gasteiger partial charge on any atom is -0.480 e.